The van der Waals surface area contributed by atoms with E-state index < -0.39 is 11.2 Å². The Kier molecular flexibility index (Phi) is 8.35. The van der Waals surface area contributed by atoms with Crippen LogP contribution in [0.1, 0.15) is 35.3 Å². The van der Waals surface area contributed by atoms with Crippen LogP contribution in [0.15, 0.2) is 69.6 Å². The number of unbranched alkanes of at least 4 members (excludes halogenated alkanes) is 1. The van der Waals surface area contributed by atoms with Gasteiger partial charge in [0.15, 0.2) is 0 Å². The van der Waals surface area contributed by atoms with Crippen LogP contribution >= 0.6 is 11.3 Å². The molecule has 37 heavy (non-hydrogen) atoms. The highest BCUT2D eigenvalue weighted by Crippen LogP contribution is 2.15. The van der Waals surface area contributed by atoms with Crippen molar-refractivity contribution in [3.63, 3.8) is 0 Å². The highest BCUT2D eigenvalue weighted by atomic mass is 32.1. The van der Waals surface area contributed by atoms with E-state index in [1.54, 1.807) is 35.6 Å². The standard InChI is InChI=1S/C28H30N4O4S/c1-19-12-13-21(16-20(19)2)30-26(34)18-32-24-10-4-3-9-23(24)27(35)31(28(32)36)14-6-5-11-25(33)29-17-22-8-7-15-37-22/h3-4,7-10,12-13,15-16H,5-6,11,14,17-18H2,1-2H3,(H,29,33)(H,30,34). The van der Waals surface area contributed by atoms with E-state index in [-0.39, 0.29) is 24.9 Å². The molecule has 0 aliphatic rings. The number of aryl methyl sites for hydroxylation is 2. The van der Waals surface area contributed by atoms with Gasteiger partial charge in [-0.2, -0.15) is 0 Å². The van der Waals surface area contributed by atoms with Crippen LogP contribution < -0.4 is 21.9 Å². The molecule has 4 rings (SSSR count). The van der Waals surface area contributed by atoms with Crippen LogP contribution in [-0.2, 0) is 29.2 Å². The Labute approximate surface area is 218 Å². The fourth-order valence-corrected chi connectivity index (χ4v) is 4.77. The predicted octanol–water partition coefficient (Wildman–Crippen LogP) is 3.97. The summed E-state index contributed by atoms with van der Waals surface area (Å²) < 4.78 is 2.50. The summed E-state index contributed by atoms with van der Waals surface area (Å²) >= 11 is 1.58. The summed E-state index contributed by atoms with van der Waals surface area (Å²) in [5.41, 5.74) is 2.30. The molecule has 0 atom stereocenters. The normalized spacial score (nSPS) is 11.0. The minimum atomic E-state index is -0.541. The smallest absolute Gasteiger partial charge is 0.331 e. The molecule has 2 N–H and O–H groups in total. The number of amides is 2. The Morgan fingerprint density at radius 3 is 2.46 bits per heavy atom. The van der Waals surface area contributed by atoms with Crippen LogP contribution in [0.5, 0.6) is 0 Å². The average molecular weight is 519 g/mol. The number of thiophene rings is 1. The lowest BCUT2D eigenvalue weighted by Gasteiger charge is -2.14. The van der Waals surface area contributed by atoms with Gasteiger partial charge in [0.2, 0.25) is 11.8 Å². The second-order valence-electron chi connectivity index (χ2n) is 9.00. The van der Waals surface area contributed by atoms with E-state index in [4.69, 9.17) is 0 Å². The number of fused-ring (bicyclic) bond motifs is 1. The van der Waals surface area contributed by atoms with E-state index in [1.807, 2.05) is 49.6 Å². The molecule has 2 aromatic heterocycles. The maximum atomic E-state index is 13.3. The SMILES string of the molecule is Cc1ccc(NC(=O)Cn2c(=O)n(CCCCC(=O)NCc3cccs3)c(=O)c3ccccc32)cc1C. The molecule has 0 spiro atoms. The second-order valence-corrected chi connectivity index (χ2v) is 10.0. The van der Waals surface area contributed by atoms with E-state index in [1.165, 1.54) is 4.57 Å². The lowest BCUT2D eigenvalue weighted by atomic mass is 10.1. The summed E-state index contributed by atoms with van der Waals surface area (Å²) in [5, 5.41) is 8.05. The lowest BCUT2D eigenvalue weighted by molar-refractivity contribution is -0.121. The van der Waals surface area contributed by atoms with Gasteiger partial charge in [0.25, 0.3) is 5.56 Å². The molecule has 0 aliphatic carbocycles. The zero-order valence-corrected chi connectivity index (χ0v) is 21.8. The molecule has 0 aliphatic heterocycles. The molecule has 4 aromatic rings. The van der Waals surface area contributed by atoms with Gasteiger partial charge in [-0.3, -0.25) is 23.5 Å². The number of carbonyl (C=O) groups is 2. The van der Waals surface area contributed by atoms with Crippen LogP contribution in [-0.4, -0.2) is 20.9 Å². The monoisotopic (exact) mass is 518 g/mol. The molecular weight excluding hydrogens is 488 g/mol. The summed E-state index contributed by atoms with van der Waals surface area (Å²) in [6.07, 6.45) is 1.32. The Bertz CT molecular complexity index is 1540. The zero-order valence-electron chi connectivity index (χ0n) is 21.0. The number of hydrogen-bond acceptors (Lipinski definition) is 5. The van der Waals surface area contributed by atoms with Crippen LogP contribution in [0.3, 0.4) is 0 Å². The third-order valence-electron chi connectivity index (χ3n) is 6.30. The molecule has 0 saturated carbocycles. The van der Waals surface area contributed by atoms with Crippen molar-refractivity contribution in [2.45, 2.75) is 52.7 Å². The topological polar surface area (TPSA) is 102 Å². The van der Waals surface area contributed by atoms with E-state index in [9.17, 15) is 19.2 Å². The molecule has 9 heteroatoms. The maximum absolute atomic E-state index is 13.3. The number of carbonyl (C=O) groups excluding carboxylic acids is 2. The number of anilines is 1. The third-order valence-corrected chi connectivity index (χ3v) is 7.18. The minimum Gasteiger partial charge on any atom is -0.351 e. The first-order valence-electron chi connectivity index (χ1n) is 12.2. The van der Waals surface area contributed by atoms with Gasteiger partial charge in [0.05, 0.1) is 17.4 Å². The fourth-order valence-electron chi connectivity index (χ4n) is 4.13. The number of hydrogen-bond donors (Lipinski definition) is 2. The number of para-hydroxylation sites is 1. The Balaban J connectivity index is 1.46. The number of benzene rings is 2. The molecule has 0 bridgehead atoms. The summed E-state index contributed by atoms with van der Waals surface area (Å²) in [4.78, 5) is 52.5. The molecule has 8 nitrogen and oxygen atoms in total. The molecular formula is C28H30N4O4S. The summed E-state index contributed by atoms with van der Waals surface area (Å²) in [7, 11) is 0. The Morgan fingerprint density at radius 1 is 0.892 bits per heavy atom. The summed E-state index contributed by atoms with van der Waals surface area (Å²) in [5.74, 6) is -0.428. The van der Waals surface area contributed by atoms with Gasteiger partial charge in [-0.1, -0.05) is 24.3 Å². The van der Waals surface area contributed by atoms with Gasteiger partial charge in [0.1, 0.15) is 6.54 Å². The zero-order chi connectivity index (χ0) is 26.4. The number of rotatable bonds is 10. The van der Waals surface area contributed by atoms with Crippen molar-refractivity contribution in [3.05, 3.63) is 96.8 Å². The first-order valence-corrected chi connectivity index (χ1v) is 13.1. The largest absolute Gasteiger partial charge is 0.351 e. The summed E-state index contributed by atoms with van der Waals surface area (Å²) in [6.45, 7) is 4.40. The van der Waals surface area contributed by atoms with Crippen LogP contribution in [0, 0.1) is 13.8 Å². The van der Waals surface area contributed by atoms with Gasteiger partial charge in [-0.25, -0.2) is 4.79 Å². The molecule has 0 unspecified atom stereocenters. The van der Waals surface area contributed by atoms with Crippen LogP contribution in [0.25, 0.3) is 10.9 Å². The molecule has 0 radical (unpaired) electrons. The maximum Gasteiger partial charge on any atom is 0.331 e. The van der Waals surface area contributed by atoms with Crippen molar-refractivity contribution in [2.75, 3.05) is 5.32 Å². The number of nitrogens with one attached hydrogen (secondary N) is 2. The number of aromatic nitrogens is 2. The molecule has 0 saturated heterocycles. The minimum absolute atomic E-state index is 0.0697. The van der Waals surface area contributed by atoms with Gasteiger partial charge in [0, 0.05) is 23.5 Å². The first kappa shape index (κ1) is 26.1. The van der Waals surface area contributed by atoms with Gasteiger partial charge >= 0.3 is 5.69 Å². The van der Waals surface area contributed by atoms with E-state index in [2.05, 4.69) is 10.6 Å². The number of nitrogens with zero attached hydrogens (tertiary/aromatic N) is 2. The van der Waals surface area contributed by atoms with E-state index in [0.29, 0.717) is 42.4 Å². The molecule has 0 fully saturated rings. The molecule has 2 aromatic carbocycles. The average Bonchev–Trinajstić information content (AvgIpc) is 3.41. The van der Waals surface area contributed by atoms with Gasteiger partial charge < -0.3 is 10.6 Å². The van der Waals surface area contributed by atoms with Crippen molar-refractivity contribution < 1.29 is 9.59 Å². The van der Waals surface area contributed by atoms with Gasteiger partial charge in [-0.05, 0) is 73.5 Å². The predicted molar refractivity (Wildman–Crippen MR) is 147 cm³/mol. The third kappa shape index (κ3) is 6.42. The molecule has 192 valence electrons. The fraction of sp³-hybridized carbons (Fsp3) is 0.286. The first-order chi connectivity index (χ1) is 17.8. The Hall–Kier alpha value is -3.98. The lowest BCUT2D eigenvalue weighted by Crippen LogP contribution is -2.41. The van der Waals surface area contributed by atoms with Crippen molar-refractivity contribution in [1.82, 2.24) is 14.5 Å². The van der Waals surface area contributed by atoms with Crippen molar-refractivity contribution in [2.24, 2.45) is 0 Å². The van der Waals surface area contributed by atoms with E-state index >= 15 is 0 Å². The van der Waals surface area contributed by atoms with Gasteiger partial charge in [-0.15, -0.1) is 11.3 Å². The quantitative estimate of drug-likeness (QED) is 0.310. The van der Waals surface area contributed by atoms with Crippen LogP contribution in [0.4, 0.5) is 5.69 Å². The van der Waals surface area contributed by atoms with Crippen molar-refractivity contribution in [1.29, 1.82) is 0 Å². The molecule has 2 heterocycles. The highest BCUT2D eigenvalue weighted by Gasteiger charge is 2.15. The summed E-state index contributed by atoms with van der Waals surface area (Å²) in [6, 6.07) is 16.3. The highest BCUT2D eigenvalue weighted by molar-refractivity contribution is 7.09. The Morgan fingerprint density at radius 2 is 1.70 bits per heavy atom. The van der Waals surface area contributed by atoms with E-state index in [0.717, 1.165) is 20.6 Å². The van der Waals surface area contributed by atoms with Crippen molar-refractivity contribution >= 4 is 39.7 Å². The van der Waals surface area contributed by atoms with Crippen LogP contribution in [0.2, 0.25) is 0 Å². The molecule has 2 amide bonds. The second kappa shape index (κ2) is 11.8. The van der Waals surface area contributed by atoms with Crippen molar-refractivity contribution in [3.8, 4) is 0 Å².